The Morgan fingerprint density at radius 2 is 1.85 bits per heavy atom. The Labute approximate surface area is 197 Å². The first kappa shape index (κ1) is 24.8. The number of rotatable bonds is 9. The molecule has 1 heterocycles. The Morgan fingerprint density at radius 3 is 2.52 bits per heavy atom. The van der Waals surface area contributed by atoms with Gasteiger partial charge in [0.25, 0.3) is 5.91 Å². The van der Waals surface area contributed by atoms with Crippen molar-refractivity contribution in [2.75, 3.05) is 39.8 Å². The number of esters is 1. The molecular weight excluding hydrogens is 464 g/mol. The average molecular weight is 491 g/mol. The number of ether oxygens (including phenoxy) is 1. The highest BCUT2D eigenvalue weighted by molar-refractivity contribution is 8.00. The molecule has 2 amide bonds. The summed E-state index contributed by atoms with van der Waals surface area (Å²) in [5, 5.41) is 2.76. The summed E-state index contributed by atoms with van der Waals surface area (Å²) < 4.78 is 28.9. The molecule has 1 unspecified atom stereocenters. The minimum absolute atomic E-state index is 0.0231. The van der Waals surface area contributed by atoms with Crippen LogP contribution >= 0.6 is 11.8 Å². The zero-order valence-electron chi connectivity index (χ0n) is 18.2. The molecule has 2 aromatic rings. The molecule has 0 aromatic heterocycles. The number of para-hydroxylation sites is 1. The van der Waals surface area contributed by atoms with E-state index in [0.717, 1.165) is 17.3 Å². The van der Waals surface area contributed by atoms with Gasteiger partial charge in [0.15, 0.2) is 16.4 Å². The molecule has 3 rings (SSSR count). The third-order valence-electron chi connectivity index (χ3n) is 4.99. The molecule has 33 heavy (non-hydrogen) atoms. The monoisotopic (exact) mass is 490 g/mol. The average Bonchev–Trinajstić information content (AvgIpc) is 3.12. The highest BCUT2D eigenvalue weighted by Gasteiger charge is 2.35. The van der Waals surface area contributed by atoms with Crippen molar-refractivity contribution >= 4 is 50.8 Å². The van der Waals surface area contributed by atoms with E-state index in [1.807, 2.05) is 25.1 Å². The van der Waals surface area contributed by atoms with Crippen molar-refractivity contribution in [1.82, 2.24) is 0 Å². The van der Waals surface area contributed by atoms with Crippen LogP contribution in [0.1, 0.15) is 12.0 Å². The standard InChI is InChI=1S/C23H26N2O6S2/c1-17-6-5-7-18(12-17)24-21(26)14-32-15-23(28)31-13-22(27)25(19-8-3-2-4-9-19)20-10-11-33(29,30)16-20/h2-9,12,20H,10-11,13-16H2,1H3,(H,24,26). The SMILES string of the molecule is Cc1cccc(NC(=O)CSCC(=O)OCC(=O)N(c2ccccc2)C2CCS(=O)(=O)C2)c1. The Hall–Kier alpha value is -2.85. The van der Waals surface area contributed by atoms with Crippen LogP contribution in [-0.2, 0) is 29.0 Å². The first-order valence-corrected chi connectivity index (χ1v) is 13.4. The Bertz CT molecular complexity index is 1100. The summed E-state index contributed by atoms with van der Waals surface area (Å²) >= 11 is 1.08. The highest BCUT2D eigenvalue weighted by Crippen LogP contribution is 2.24. The topological polar surface area (TPSA) is 110 Å². The second-order valence-electron chi connectivity index (χ2n) is 7.73. The van der Waals surface area contributed by atoms with E-state index < -0.39 is 34.4 Å². The molecule has 10 heteroatoms. The summed E-state index contributed by atoms with van der Waals surface area (Å²) in [6.45, 7) is 1.42. The number of benzene rings is 2. The van der Waals surface area contributed by atoms with Gasteiger partial charge in [-0.05, 0) is 43.2 Å². The summed E-state index contributed by atoms with van der Waals surface area (Å²) in [7, 11) is -3.20. The van der Waals surface area contributed by atoms with Gasteiger partial charge in [-0.3, -0.25) is 14.4 Å². The van der Waals surface area contributed by atoms with Crippen molar-refractivity contribution in [3.05, 3.63) is 60.2 Å². The fourth-order valence-corrected chi connectivity index (χ4v) is 5.84. The van der Waals surface area contributed by atoms with Gasteiger partial charge >= 0.3 is 5.97 Å². The van der Waals surface area contributed by atoms with Crippen LogP contribution in [0.3, 0.4) is 0 Å². The first-order valence-electron chi connectivity index (χ1n) is 10.4. The van der Waals surface area contributed by atoms with Gasteiger partial charge in [-0.15, -0.1) is 11.8 Å². The molecule has 0 spiro atoms. The van der Waals surface area contributed by atoms with Crippen molar-refractivity contribution in [3.8, 4) is 0 Å². The normalized spacial score (nSPS) is 16.7. The molecule has 0 radical (unpaired) electrons. The number of sulfone groups is 1. The number of anilines is 2. The maximum absolute atomic E-state index is 12.8. The number of amides is 2. The third kappa shape index (κ3) is 7.61. The highest BCUT2D eigenvalue weighted by atomic mass is 32.2. The minimum atomic E-state index is -3.20. The van der Waals surface area contributed by atoms with Crippen LogP contribution in [0.2, 0.25) is 0 Å². The van der Waals surface area contributed by atoms with Gasteiger partial charge in [0.05, 0.1) is 29.1 Å². The predicted molar refractivity (Wildman–Crippen MR) is 129 cm³/mol. The lowest BCUT2D eigenvalue weighted by molar-refractivity contribution is -0.145. The number of thioether (sulfide) groups is 1. The van der Waals surface area contributed by atoms with Crippen LogP contribution in [0, 0.1) is 6.92 Å². The molecule has 0 bridgehead atoms. The maximum Gasteiger partial charge on any atom is 0.316 e. The quantitative estimate of drug-likeness (QED) is 0.538. The summed E-state index contributed by atoms with van der Waals surface area (Å²) in [6.07, 6.45) is 0.336. The minimum Gasteiger partial charge on any atom is -0.455 e. The Morgan fingerprint density at radius 1 is 1.09 bits per heavy atom. The van der Waals surface area contributed by atoms with E-state index in [4.69, 9.17) is 4.74 Å². The lowest BCUT2D eigenvalue weighted by Gasteiger charge is -2.28. The van der Waals surface area contributed by atoms with Gasteiger partial charge < -0.3 is 15.0 Å². The molecule has 1 aliphatic rings. The van der Waals surface area contributed by atoms with Crippen molar-refractivity contribution in [2.45, 2.75) is 19.4 Å². The van der Waals surface area contributed by atoms with Gasteiger partial charge in [0.1, 0.15) is 0 Å². The van der Waals surface area contributed by atoms with E-state index in [9.17, 15) is 22.8 Å². The Balaban J connectivity index is 1.47. The van der Waals surface area contributed by atoms with E-state index in [2.05, 4.69) is 5.32 Å². The summed E-state index contributed by atoms with van der Waals surface area (Å²) in [4.78, 5) is 38.3. The van der Waals surface area contributed by atoms with Crippen LogP contribution in [0.5, 0.6) is 0 Å². The van der Waals surface area contributed by atoms with Crippen molar-refractivity contribution in [1.29, 1.82) is 0 Å². The van der Waals surface area contributed by atoms with E-state index in [0.29, 0.717) is 17.8 Å². The van der Waals surface area contributed by atoms with Crippen molar-refractivity contribution < 1.29 is 27.5 Å². The number of carbonyl (C=O) groups is 3. The van der Waals surface area contributed by atoms with Gasteiger partial charge in [-0.2, -0.15) is 0 Å². The number of carbonyl (C=O) groups excluding carboxylic acids is 3. The van der Waals surface area contributed by atoms with Gasteiger partial charge in [-0.25, -0.2) is 8.42 Å². The second-order valence-corrected chi connectivity index (χ2v) is 10.9. The van der Waals surface area contributed by atoms with Crippen molar-refractivity contribution in [3.63, 3.8) is 0 Å². The fraction of sp³-hybridized carbons (Fsp3) is 0.348. The van der Waals surface area contributed by atoms with Gasteiger partial charge in [-0.1, -0.05) is 30.3 Å². The summed E-state index contributed by atoms with van der Waals surface area (Å²) in [5.41, 5.74) is 2.26. The number of aryl methyl sites for hydroxylation is 1. The van der Waals surface area contributed by atoms with Crippen LogP contribution in [0.4, 0.5) is 11.4 Å². The molecule has 1 atom stereocenters. The molecule has 1 saturated heterocycles. The van der Waals surface area contributed by atoms with Gasteiger partial charge in [0, 0.05) is 11.4 Å². The third-order valence-corrected chi connectivity index (χ3v) is 7.64. The lowest BCUT2D eigenvalue weighted by atomic mass is 10.2. The number of hydrogen-bond acceptors (Lipinski definition) is 7. The largest absolute Gasteiger partial charge is 0.455 e. The molecule has 176 valence electrons. The number of nitrogens with zero attached hydrogens (tertiary/aromatic N) is 1. The number of hydrogen-bond donors (Lipinski definition) is 1. The molecule has 1 N–H and O–H groups in total. The smallest absolute Gasteiger partial charge is 0.316 e. The number of nitrogens with one attached hydrogen (secondary N) is 1. The molecule has 0 aliphatic carbocycles. The van der Waals surface area contributed by atoms with Crippen molar-refractivity contribution in [2.24, 2.45) is 0 Å². The molecule has 1 fully saturated rings. The first-order chi connectivity index (χ1) is 15.7. The fourth-order valence-electron chi connectivity index (χ4n) is 3.53. The molecule has 2 aromatic carbocycles. The zero-order chi connectivity index (χ0) is 23.8. The van der Waals surface area contributed by atoms with Crippen LogP contribution < -0.4 is 10.2 Å². The van der Waals surface area contributed by atoms with Crippen LogP contribution in [0.15, 0.2) is 54.6 Å². The van der Waals surface area contributed by atoms with E-state index in [1.54, 1.807) is 36.4 Å². The predicted octanol–water partition coefficient (Wildman–Crippen LogP) is 2.43. The van der Waals surface area contributed by atoms with E-state index in [-0.39, 0.29) is 28.9 Å². The summed E-state index contributed by atoms with van der Waals surface area (Å²) in [6, 6.07) is 15.6. The zero-order valence-corrected chi connectivity index (χ0v) is 19.9. The molecule has 0 saturated carbocycles. The van der Waals surface area contributed by atoms with Gasteiger partial charge in [0.2, 0.25) is 5.91 Å². The molecule has 1 aliphatic heterocycles. The second kappa shape index (κ2) is 11.3. The Kier molecular flexibility index (Phi) is 8.51. The molecule has 8 nitrogen and oxygen atoms in total. The van der Waals surface area contributed by atoms with E-state index >= 15 is 0 Å². The van der Waals surface area contributed by atoms with E-state index in [1.165, 1.54) is 4.90 Å². The summed E-state index contributed by atoms with van der Waals surface area (Å²) in [5.74, 6) is -1.47. The lowest BCUT2D eigenvalue weighted by Crippen LogP contribution is -2.43. The van der Waals surface area contributed by atoms with Crippen LogP contribution in [0.25, 0.3) is 0 Å². The van der Waals surface area contributed by atoms with Crippen LogP contribution in [-0.4, -0.2) is 61.9 Å². The maximum atomic E-state index is 12.8. The molecular formula is C23H26N2O6S2.